The first-order chi connectivity index (χ1) is 10.6. The molecule has 0 aliphatic carbocycles. The Morgan fingerprint density at radius 2 is 1.86 bits per heavy atom. The first-order valence-corrected chi connectivity index (χ1v) is 6.75. The molecule has 0 unspecified atom stereocenters. The van der Waals surface area contributed by atoms with Crippen molar-refractivity contribution in [1.29, 1.82) is 0 Å². The number of guanidine groups is 1. The van der Waals surface area contributed by atoms with Gasteiger partial charge in [-0.15, -0.1) is 0 Å². The first-order valence-electron chi connectivity index (χ1n) is 6.75. The van der Waals surface area contributed by atoms with Crippen LogP contribution < -0.4 is 11.5 Å². The molecule has 0 aliphatic rings. The second-order valence-corrected chi connectivity index (χ2v) is 4.94. The number of benzene rings is 2. The normalized spacial score (nSPS) is 10.6. The van der Waals surface area contributed by atoms with Crippen molar-refractivity contribution in [2.24, 2.45) is 16.5 Å². The second kappa shape index (κ2) is 5.33. The fourth-order valence-corrected chi connectivity index (χ4v) is 2.49. The van der Waals surface area contributed by atoms with Gasteiger partial charge in [-0.25, -0.2) is 0 Å². The van der Waals surface area contributed by atoms with Gasteiger partial charge in [0.05, 0.1) is 5.56 Å². The number of hydrogen-bond donors (Lipinski definition) is 3. The van der Waals surface area contributed by atoms with Crippen molar-refractivity contribution < 1.29 is 4.79 Å². The molecule has 3 rings (SSSR count). The maximum absolute atomic E-state index is 12.3. The topological polar surface area (TPSA) is 110 Å². The molecule has 1 heterocycles. The Morgan fingerprint density at radius 1 is 1.14 bits per heavy atom. The van der Waals surface area contributed by atoms with Crippen molar-refractivity contribution in [1.82, 2.24) is 10.2 Å². The quantitative estimate of drug-likeness (QED) is 0.495. The van der Waals surface area contributed by atoms with E-state index in [1.54, 1.807) is 6.92 Å². The molecular formula is C16H15N5O. The summed E-state index contributed by atoms with van der Waals surface area (Å²) in [5.41, 5.74) is 13.0. The van der Waals surface area contributed by atoms with Crippen molar-refractivity contribution >= 4 is 22.6 Å². The summed E-state index contributed by atoms with van der Waals surface area (Å²) in [4.78, 5) is 15.9. The molecule has 5 N–H and O–H groups in total. The molecule has 22 heavy (non-hydrogen) atoms. The molecule has 6 heteroatoms. The molecule has 110 valence electrons. The van der Waals surface area contributed by atoms with Crippen molar-refractivity contribution in [3.05, 3.63) is 53.7 Å². The number of rotatable bonds is 2. The molecule has 1 aromatic heterocycles. The van der Waals surface area contributed by atoms with Gasteiger partial charge in [0.1, 0.15) is 5.69 Å². The minimum absolute atomic E-state index is 0.269. The van der Waals surface area contributed by atoms with Gasteiger partial charge in [-0.2, -0.15) is 10.1 Å². The molecule has 2 aromatic carbocycles. The number of carbonyl (C=O) groups is 1. The molecule has 0 fully saturated rings. The Bertz CT molecular complexity index is 885. The highest BCUT2D eigenvalue weighted by Crippen LogP contribution is 2.31. The van der Waals surface area contributed by atoms with Crippen molar-refractivity contribution in [2.75, 3.05) is 0 Å². The Labute approximate surface area is 126 Å². The van der Waals surface area contributed by atoms with E-state index in [9.17, 15) is 4.79 Å². The highest BCUT2D eigenvalue weighted by molar-refractivity contribution is 6.09. The standard InChI is InChI=1S/C16H15N5O/c1-9-13(15(22)19-16(17)18)14(21-20-9)12-8-4-6-10-5-2-3-7-11(10)12/h2-8H,1H3,(H,20,21)(H4,17,18,19,22). The maximum atomic E-state index is 12.3. The third-order valence-electron chi connectivity index (χ3n) is 3.44. The molecule has 0 spiro atoms. The fraction of sp³-hybridized carbons (Fsp3) is 0.0625. The molecule has 0 atom stereocenters. The number of aromatic amines is 1. The van der Waals surface area contributed by atoms with Gasteiger partial charge in [0.2, 0.25) is 0 Å². The van der Waals surface area contributed by atoms with Crippen molar-refractivity contribution in [3.8, 4) is 11.3 Å². The Balaban J connectivity index is 2.25. The van der Waals surface area contributed by atoms with Gasteiger partial charge in [0, 0.05) is 11.3 Å². The summed E-state index contributed by atoms with van der Waals surface area (Å²) in [6.07, 6.45) is 0. The highest BCUT2D eigenvalue weighted by Gasteiger charge is 2.20. The number of carbonyl (C=O) groups excluding carboxylic acids is 1. The number of aromatic nitrogens is 2. The average Bonchev–Trinajstić information content (AvgIpc) is 2.87. The van der Waals surface area contributed by atoms with Crippen molar-refractivity contribution in [2.45, 2.75) is 6.92 Å². The Kier molecular flexibility index (Phi) is 3.34. The van der Waals surface area contributed by atoms with E-state index in [2.05, 4.69) is 15.2 Å². The largest absolute Gasteiger partial charge is 0.370 e. The lowest BCUT2D eigenvalue weighted by atomic mass is 9.99. The Hall–Kier alpha value is -3.15. The maximum Gasteiger partial charge on any atom is 0.284 e. The van der Waals surface area contributed by atoms with Crippen LogP contribution in [0.3, 0.4) is 0 Å². The van der Waals surface area contributed by atoms with Crippen molar-refractivity contribution in [3.63, 3.8) is 0 Å². The lowest BCUT2D eigenvalue weighted by Gasteiger charge is -2.05. The van der Waals surface area contributed by atoms with Gasteiger partial charge in [-0.05, 0) is 17.7 Å². The van der Waals surface area contributed by atoms with E-state index in [-0.39, 0.29) is 5.96 Å². The monoisotopic (exact) mass is 293 g/mol. The van der Waals surface area contributed by atoms with Crippen LogP contribution in [-0.4, -0.2) is 22.1 Å². The Morgan fingerprint density at radius 3 is 2.64 bits per heavy atom. The van der Waals surface area contributed by atoms with Gasteiger partial charge in [0.15, 0.2) is 5.96 Å². The third kappa shape index (κ3) is 2.31. The van der Waals surface area contributed by atoms with Crippen LogP contribution in [0.25, 0.3) is 22.0 Å². The molecule has 0 radical (unpaired) electrons. The molecule has 6 nitrogen and oxygen atoms in total. The second-order valence-electron chi connectivity index (χ2n) is 4.94. The molecule has 3 aromatic rings. The van der Waals surface area contributed by atoms with Crippen LogP contribution >= 0.6 is 0 Å². The number of nitrogens with zero attached hydrogens (tertiary/aromatic N) is 2. The molecule has 0 saturated carbocycles. The minimum atomic E-state index is -0.505. The van der Waals surface area contributed by atoms with Gasteiger partial charge in [-0.1, -0.05) is 42.5 Å². The predicted octanol–water partition coefficient (Wildman–Crippen LogP) is 1.95. The molecule has 0 aliphatic heterocycles. The average molecular weight is 293 g/mol. The van der Waals surface area contributed by atoms with Crippen LogP contribution in [-0.2, 0) is 0 Å². The van der Waals surface area contributed by atoms with Gasteiger partial charge in [0.25, 0.3) is 5.91 Å². The summed E-state index contributed by atoms with van der Waals surface area (Å²) in [6, 6.07) is 13.8. The highest BCUT2D eigenvalue weighted by atomic mass is 16.1. The van der Waals surface area contributed by atoms with Gasteiger partial charge in [-0.3, -0.25) is 9.89 Å². The smallest absolute Gasteiger partial charge is 0.284 e. The van der Waals surface area contributed by atoms with E-state index in [0.717, 1.165) is 16.3 Å². The molecule has 1 amide bonds. The van der Waals surface area contributed by atoms with E-state index in [4.69, 9.17) is 11.5 Å². The zero-order valence-corrected chi connectivity index (χ0v) is 12.0. The summed E-state index contributed by atoms with van der Waals surface area (Å²) in [7, 11) is 0. The zero-order valence-electron chi connectivity index (χ0n) is 12.0. The van der Waals surface area contributed by atoms with Gasteiger partial charge >= 0.3 is 0 Å². The number of fused-ring (bicyclic) bond motifs is 1. The SMILES string of the molecule is Cc1[nH]nc(-c2cccc3ccccc23)c1C(=O)N=C(N)N. The number of aliphatic imine (C=N–C) groups is 1. The summed E-state index contributed by atoms with van der Waals surface area (Å²) in [5, 5.41) is 9.18. The lowest BCUT2D eigenvalue weighted by molar-refractivity contribution is 0.100. The van der Waals surface area contributed by atoms with E-state index < -0.39 is 5.91 Å². The number of H-pyrrole nitrogens is 1. The predicted molar refractivity (Wildman–Crippen MR) is 86.4 cm³/mol. The summed E-state index contributed by atoms with van der Waals surface area (Å²) >= 11 is 0. The summed E-state index contributed by atoms with van der Waals surface area (Å²) < 4.78 is 0. The van der Waals surface area contributed by atoms with Crippen LogP contribution in [0.1, 0.15) is 16.1 Å². The summed E-state index contributed by atoms with van der Waals surface area (Å²) in [5.74, 6) is -0.774. The van der Waals surface area contributed by atoms with Crippen LogP contribution in [0.2, 0.25) is 0 Å². The lowest BCUT2D eigenvalue weighted by Crippen LogP contribution is -2.24. The third-order valence-corrected chi connectivity index (χ3v) is 3.44. The van der Waals surface area contributed by atoms with Crippen LogP contribution in [0, 0.1) is 6.92 Å². The van der Waals surface area contributed by atoms with E-state index in [1.165, 1.54) is 0 Å². The zero-order chi connectivity index (χ0) is 15.7. The van der Waals surface area contributed by atoms with E-state index in [1.807, 2.05) is 42.5 Å². The van der Waals surface area contributed by atoms with Crippen LogP contribution in [0.15, 0.2) is 47.5 Å². The first kappa shape index (κ1) is 13.8. The number of aryl methyl sites for hydroxylation is 1. The molecule has 0 saturated heterocycles. The number of amides is 1. The van der Waals surface area contributed by atoms with Gasteiger partial charge < -0.3 is 11.5 Å². The van der Waals surface area contributed by atoms with Crippen LogP contribution in [0.4, 0.5) is 0 Å². The van der Waals surface area contributed by atoms with E-state index >= 15 is 0 Å². The van der Waals surface area contributed by atoms with Crippen LogP contribution in [0.5, 0.6) is 0 Å². The molecular weight excluding hydrogens is 278 g/mol. The fourth-order valence-electron chi connectivity index (χ4n) is 2.49. The van der Waals surface area contributed by atoms with E-state index in [0.29, 0.717) is 17.0 Å². The minimum Gasteiger partial charge on any atom is -0.370 e. The summed E-state index contributed by atoms with van der Waals surface area (Å²) in [6.45, 7) is 1.76. The molecule has 0 bridgehead atoms. The number of nitrogens with two attached hydrogens (primary N) is 2. The number of hydrogen-bond acceptors (Lipinski definition) is 2. The number of nitrogens with one attached hydrogen (secondary N) is 1.